The van der Waals surface area contributed by atoms with Gasteiger partial charge >= 0.3 is 0 Å². The van der Waals surface area contributed by atoms with E-state index >= 15 is 0 Å². The molecule has 0 saturated heterocycles. The molecule has 0 aliphatic carbocycles. The summed E-state index contributed by atoms with van der Waals surface area (Å²) in [4.78, 5) is 12.2. The van der Waals surface area contributed by atoms with Crippen LogP contribution in [-0.4, -0.2) is 11.6 Å². The zero-order chi connectivity index (χ0) is 17.0. The molecule has 1 N–H and O–H groups in total. The Balaban J connectivity index is 2.23. The number of nitrogens with zero attached hydrogens (tertiary/aromatic N) is 1. The Labute approximate surface area is 154 Å². The van der Waals surface area contributed by atoms with Crippen LogP contribution in [-0.2, 0) is 0 Å². The summed E-state index contributed by atoms with van der Waals surface area (Å²) in [6.45, 7) is 1.91. The first kappa shape index (κ1) is 18.1. The first-order valence-electron chi connectivity index (χ1n) is 6.69. The van der Waals surface area contributed by atoms with E-state index in [4.69, 9.17) is 46.4 Å². The Morgan fingerprint density at radius 3 is 1.96 bits per heavy atom. The molecule has 0 unspecified atom stereocenters. The normalized spacial score (nSPS) is 11.4. The van der Waals surface area contributed by atoms with Gasteiger partial charge in [0.05, 0.1) is 21.3 Å². The van der Waals surface area contributed by atoms with Gasteiger partial charge in [-0.2, -0.15) is 5.10 Å². The lowest BCUT2D eigenvalue weighted by atomic mass is 10.1. The molecular weight excluding hydrogens is 378 g/mol. The van der Waals surface area contributed by atoms with Crippen molar-refractivity contribution in [2.75, 3.05) is 0 Å². The molecule has 3 nitrogen and oxygen atoms in total. The SMILES string of the molecule is CCC(=NNC(=O)c1ccc(Cl)cc1Cl)c1ccc(Cl)cc1Cl. The van der Waals surface area contributed by atoms with Crippen molar-refractivity contribution >= 4 is 58.0 Å². The van der Waals surface area contributed by atoms with Crippen molar-refractivity contribution in [2.24, 2.45) is 5.10 Å². The number of hydrogen-bond donors (Lipinski definition) is 1. The average Bonchev–Trinajstić information content (AvgIpc) is 2.49. The largest absolute Gasteiger partial charge is 0.272 e. The Kier molecular flexibility index (Phi) is 6.31. The molecule has 2 aromatic carbocycles. The molecule has 0 spiro atoms. The summed E-state index contributed by atoms with van der Waals surface area (Å²) >= 11 is 23.9. The number of rotatable bonds is 4. The summed E-state index contributed by atoms with van der Waals surface area (Å²) < 4.78 is 0. The van der Waals surface area contributed by atoms with Crippen LogP contribution in [0.2, 0.25) is 20.1 Å². The fraction of sp³-hybridized carbons (Fsp3) is 0.125. The maximum Gasteiger partial charge on any atom is 0.272 e. The van der Waals surface area contributed by atoms with Gasteiger partial charge in [0.2, 0.25) is 0 Å². The molecule has 2 aromatic rings. The van der Waals surface area contributed by atoms with Crippen LogP contribution in [0.15, 0.2) is 41.5 Å². The van der Waals surface area contributed by atoms with Crippen LogP contribution in [0.1, 0.15) is 29.3 Å². The van der Waals surface area contributed by atoms with Gasteiger partial charge < -0.3 is 0 Å². The summed E-state index contributed by atoms with van der Waals surface area (Å²) in [6, 6.07) is 9.72. The molecule has 120 valence electrons. The summed E-state index contributed by atoms with van der Waals surface area (Å²) in [5, 5.41) is 5.86. The van der Waals surface area contributed by atoms with Crippen LogP contribution in [0.5, 0.6) is 0 Å². The molecule has 0 radical (unpaired) electrons. The molecule has 2 rings (SSSR count). The number of halogens is 4. The van der Waals surface area contributed by atoms with Crippen molar-refractivity contribution in [3.63, 3.8) is 0 Å². The fourth-order valence-electron chi connectivity index (χ4n) is 1.91. The first-order valence-corrected chi connectivity index (χ1v) is 8.21. The number of nitrogens with one attached hydrogen (secondary N) is 1. The molecule has 0 aliphatic rings. The van der Waals surface area contributed by atoms with E-state index in [0.29, 0.717) is 32.8 Å². The van der Waals surface area contributed by atoms with Gasteiger partial charge in [-0.25, -0.2) is 5.43 Å². The van der Waals surface area contributed by atoms with Gasteiger partial charge in [-0.1, -0.05) is 59.4 Å². The lowest BCUT2D eigenvalue weighted by Crippen LogP contribution is -2.20. The second-order valence-electron chi connectivity index (χ2n) is 4.60. The van der Waals surface area contributed by atoms with Crippen molar-refractivity contribution in [3.8, 4) is 0 Å². The van der Waals surface area contributed by atoms with E-state index in [9.17, 15) is 4.79 Å². The smallest absolute Gasteiger partial charge is 0.267 e. The van der Waals surface area contributed by atoms with E-state index in [2.05, 4.69) is 10.5 Å². The molecule has 0 bridgehead atoms. The number of carbonyl (C=O) groups excluding carboxylic acids is 1. The van der Waals surface area contributed by atoms with E-state index in [1.54, 1.807) is 24.3 Å². The molecular formula is C16H12Cl4N2O. The molecule has 0 atom stereocenters. The minimum absolute atomic E-state index is 0.257. The molecule has 0 heterocycles. The molecule has 23 heavy (non-hydrogen) atoms. The van der Waals surface area contributed by atoms with Gasteiger partial charge in [0.1, 0.15) is 0 Å². The van der Waals surface area contributed by atoms with E-state index in [-0.39, 0.29) is 10.6 Å². The van der Waals surface area contributed by atoms with E-state index in [1.807, 2.05) is 6.92 Å². The number of hydrazone groups is 1. The van der Waals surface area contributed by atoms with E-state index in [1.165, 1.54) is 12.1 Å². The second-order valence-corrected chi connectivity index (χ2v) is 6.29. The molecule has 0 aromatic heterocycles. The van der Waals surface area contributed by atoms with Crippen LogP contribution >= 0.6 is 46.4 Å². The van der Waals surface area contributed by atoms with Gasteiger partial charge in [0.15, 0.2) is 0 Å². The highest BCUT2D eigenvalue weighted by Crippen LogP contribution is 2.23. The number of hydrogen-bond acceptors (Lipinski definition) is 2. The number of carbonyl (C=O) groups is 1. The lowest BCUT2D eigenvalue weighted by molar-refractivity contribution is 0.0955. The van der Waals surface area contributed by atoms with Crippen molar-refractivity contribution < 1.29 is 4.79 Å². The monoisotopic (exact) mass is 388 g/mol. The summed E-state index contributed by atoms with van der Waals surface area (Å²) in [5.41, 5.74) is 4.11. The summed E-state index contributed by atoms with van der Waals surface area (Å²) in [7, 11) is 0. The van der Waals surface area contributed by atoms with Gasteiger partial charge in [-0.3, -0.25) is 4.79 Å². The Morgan fingerprint density at radius 1 is 0.957 bits per heavy atom. The average molecular weight is 390 g/mol. The first-order chi connectivity index (χ1) is 10.9. The van der Waals surface area contributed by atoms with Gasteiger partial charge in [-0.15, -0.1) is 0 Å². The Bertz CT molecular complexity index is 775. The van der Waals surface area contributed by atoms with E-state index < -0.39 is 5.91 Å². The number of amides is 1. The zero-order valence-electron chi connectivity index (χ0n) is 12.0. The summed E-state index contributed by atoms with van der Waals surface area (Å²) in [5.74, 6) is -0.428. The highest BCUT2D eigenvalue weighted by Gasteiger charge is 2.12. The van der Waals surface area contributed by atoms with Crippen LogP contribution in [0.25, 0.3) is 0 Å². The minimum Gasteiger partial charge on any atom is -0.267 e. The van der Waals surface area contributed by atoms with Crippen LogP contribution in [0.3, 0.4) is 0 Å². The maximum absolute atomic E-state index is 12.2. The Morgan fingerprint density at radius 2 is 1.48 bits per heavy atom. The van der Waals surface area contributed by atoms with E-state index in [0.717, 1.165) is 0 Å². The van der Waals surface area contributed by atoms with Gasteiger partial charge in [0.25, 0.3) is 5.91 Å². The fourth-order valence-corrected chi connectivity index (χ4v) is 2.92. The predicted molar refractivity (Wildman–Crippen MR) is 97.2 cm³/mol. The standard InChI is InChI=1S/C16H12Cl4N2O/c1-2-15(11-5-3-9(17)7-13(11)19)21-22-16(23)12-6-4-10(18)8-14(12)20/h3-8H,2H2,1H3,(H,22,23). The topological polar surface area (TPSA) is 41.5 Å². The van der Waals surface area contributed by atoms with Gasteiger partial charge in [0, 0.05) is 15.6 Å². The quantitative estimate of drug-likeness (QED) is 0.517. The molecule has 0 saturated carbocycles. The lowest BCUT2D eigenvalue weighted by Gasteiger charge is -2.08. The third kappa shape index (κ3) is 4.61. The highest BCUT2D eigenvalue weighted by molar-refractivity contribution is 6.37. The Hall–Kier alpha value is -1.26. The molecule has 7 heteroatoms. The van der Waals surface area contributed by atoms with Crippen molar-refractivity contribution in [2.45, 2.75) is 13.3 Å². The second kappa shape index (κ2) is 8.02. The third-order valence-electron chi connectivity index (χ3n) is 3.05. The maximum atomic E-state index is 12.2. The number of benzene rings is 2. The predicted octanol–water partition coefficient (Wildman–Crippen LogP) is 5.84. The van der Waals surface area contributed by atoms with Crippen molar-refractivity contribution in [1.82, 2.24) is 5.43 Å². The van der Waals surface area contributed by atoms with Crippen LogP contribution < -0.4 is 5.43 Å². The minimum atomic E-state index is -0.428. The van der Waals surface area contributed by atoms with Crippen LogP contribution in [0, 0.1) is 0 Å². The summed E-state index contributed by atoms with van der Waals surface area (Å²) in [6.07, 6.45) is 0.579. The molecule has 0 aliphatic heterocycles. The molecule has 0 fully saturated rings. The highest BCUT2D eigenvalue weighted by atomic mass is 35.5. The van der Waals surface area contributed by atoms with Crippen molar-refractivity contribution in [1.29, 1.82) is 0 Å². The molecule has 1 amide bonds. The van der Waals surface area contributed by atoms with Crippen LogP contribution in [0.4, 0.5) is 0 Å². The zero-order valence-corrected chi connectivity index (χ0v) is 15.1. The third-order valence-corrected chi connectivity index (χ3v) is 4.14. The van der Waals surface area contributed by atoms with Crippen molar-refractivity contribution in [3.05, 3.63) is 67.6 Å². The van der Waals surface area contributed by atoms with Gasteiger partial charge in [-0.05, 0) is 36.8 Å².